The maximum absolute atomic E-state index is 13.3. The van der Waals surface area contributed by atoms with Crippen LogP contribution in [0, 0.1) is 24.2 Å². The number of pyridine rings is 1. The highest BCUT2D eigenvalue weighted by atomic mass is 32.2. The van der Waals surface area contributed by atoms with Crippen LogP contribution in [-0.2, 0) is 20.9 Å². The van der Waals surface area contributed by atoms with E-state index in [0.717, 1.165) is 0 Å². The molecule has 0 aliphatic carbocycles. The van der Waals surface area contributed by atoms with Gasteiger partial charge in [-0.25, -0.2) is 0 Å². The van der Waals surface area contributed by atoms with Crippen LogP contribution in [0.2, 0.25) is 0 Å². The molecule has 0 atom stereocenters. The Labute approximate surface area is 215 Å². The lowest BCUT2D eigenvalue weighted by molar-refractivity contribution is -0.148. The third kappa shape index (κ3) is 5.31. The lowest BCUT2D eigenvalue weighted by atomic mass is 9.95. The summed E-state index contributed by atoms with van der Waals surface area (Å²) < 4.78 is 7.34. The Kier molecular flexibility index (Phi) is 8.78. The molecule has 0 aromatic carbocycles. The van der Waals surface area contributed by atoms with Crippen molar-refractivity contribution in [2.24, 2.45) is 5.92 Å². The molecule has 1 aromatic heterocycles. The molecule has 0 bridgehead atoms. The number of nitrogens with zero attached hydrogens (tertiary/aromatic N) is 4. The predicted molar refractivity (Wildman–Crippen MR) is 142 cm³/mol. The molecule has 2 aliphatic rings. The van der Waals surface area contributed by atoms with Crippen LogP contribution in [-0.4, -0.2) is 51.4 Å². The number of hydrogen-bond acceptors (Lipinski definition) is 8. The minimum atomic E-state index is -0.332. The minimum Gasteiger partial charge on any atom is -0.466 e. The number of anilines is 1. The van der Waals surface area contributed by atoms with Crippen molar-refractivity contribution in [2.75, 3.05) is 24.6 Å². The summed E-state index contributed by atoms with van der Waals surface area (Å²) >= 11 is 6.67. The number of piperidine rings is 1. The molecule has 3 heterocycles. The van der Waals surface area contributed by atoms with E-state index in [1.54, 1.807) is 29.4 Å². The van der Waals surface area contributed by atoms with Gasteiger partial charge in [-0.05, 0) is 58.6 Å². The Morgan fingerprint density at radius 3 is 2.46 bits per heavy atom. The van der Waals surface area contributed by atoms with Crippen LogP contribution in [0.5, 0.6) is 0 Å². The van der Waals surface area contributed by atoms with Crippen LogP contribution < -0.4 is 10.5 Å². The SMILES string of the molecule is CCCn1c(N2CCC(C(=O)OCC)CC2)c(C=C2SC(=S)N(C(C)C)C2=O)c(C)c(C#N)c1=O. The van der Waals surface area contributed by atoms with Gasteiger partial charge in [0.05, 0.1) is 17.4 Å². The lowest BCUT2D eigenvalue weighted by Gasteiger charge is -2.35. The van der Waals surface area contributed by atoms with E-state index in [4.69, 9.17) is 17.0 Å². The molecular formula is C25H32N4O4S2. The minimum absolute atomic E-state index is 0.0698. The zero-order chi connectivity index (χ0) is 25.9. The molecule has 8 nitrogen and oxygen atoms in total. The van der Waals surface area contributed by atoms with Gasteiger partial charge in [0.15, 0.2) is 0 Å². The number of carbonyl (C=O) groups excluding carboxylic acids is 2. The Morgan fingerprint density at radius 1 is 1.29 bits per heavy atom. The number of thioether (sulfide) groups is 1. The number of aromatic nitrogens is 1. The van der Waals surface area contributed by atoms with E-state index in [1.807, 2.05) is 20.8 Å². The fraction of sp³-hybridized carbons (Fsp3) is 0.560. The van der Waals surface area contributed by atoms with E-state index in [-0.39, 0.29) is 35.0 Å². The summed E-state index contributed by atoms with van der Waals surface area (Å²) in [7, 11) is 0. The van der Waals surface area contributed by atoms with Gasteiger partial charge in [0, 0.05) is 31.2 Å². The molecule has 3 rings (SSSR count). The summed E-state index contributed by atoms with van der Waals surface area (Å²) in [5.74, 6) is 0.146. The number of ether oxygens (including phenoxy) is 1. The van der Waals surface area contributed by atoms with Crippen LogP contribution in [0.3, 0.4) is 0 Å². The highest BCUT2D eigenvalue weighted by Gasteiger charge is 2.35. The summed E-state index contributed by atoms with van der Waals surface area (Å²) in [5, 5.41) is 9.78. The molecule has 0 spiro atoms. The molecule has 0 unspecified atom stereocenters. The molecule has 188 valence electrons. The first-order valence-electron chi connectivity index (χ1n) is 12.0. The number of rotatable bonds is 7. The van der Waals surface area contributed by atoms with Gasteiger partial charge in [-0.1, -0.05) is 30.9 Å². The van der Waals surface area contributed by atoms with E-state index in [9.17, 15) is 19.6 Å². The topological polar surface area (TPSA) is 95.6 Å². The Morgan fingerprint density at radius 2 is 1.94 bits per heavy atom. The Balaban J connectivity index is 2.14. The largest absolute Gasteiger partial charge is 0.466 e. The van der Waals surface area contributed by atoms with Gasteiger partial charge in [0.25, 0.3) is 11.5 Å². The van der Waals surface area contributed by atoms with E-state index in [2.05, 4.69) is 11.0 Å². The zero-order valence-electron chi connectivity index (χ0n) is 20.9. The first-order valence-corrected chi connectivity index (χ1v) is 13.2. The average Bonchev–Trinajstić information content (AvgIpc) is 3.10. The number of carbonyl (C=O) groups is 2. The van der Waals surface area contributed by atoms with Crippen molar-refractivity contribution in [2.45, 2.75) is 66.5 Å². The number of nitriles is 1. The van der Waals surface area contributed by atoms with Crippen LogP contribution in [0.1, 0.15) is 63.6 Å². The maximum Gasteiger partial charge on any atom is 0.309 e. The Hall–Kier alpha value is -2.64. The van der Waals surface area contributed by atoms with Crippen LogP contribution in [0.25, 0.3) is 6.08 Å². The normalized spacial score (nSPS) is 18.0. The van der Waals surface area contributed by atoms with Crippen molar-refractivity contribution in [1.82, 2.24) is 9.47 Å². The van der Waals surface area contributed by atoms with Gasteiger partial charge in [0.1, 0.15) is 21.8 Å². The third-order valence-electron chi connectivity index (χ3n) is 6.32. The smallest absolute Gasteiger partial charge is 0.309 e. The summed E-state index contributed by atoms with van der Waals surface area (Å²) in [4.78, 5) is 42.8. The van der Waals surface area contributed by atoms with Gasteiger partial charge in [-0.15, -0.1) is 0 Å². The lowest BCUT2D eigenvalue weighted by Crippen LogP contribution is -2.41. The molecule has 2 fully saturated rings. The quantitative estimate of drug-likeness (QED) is 0.307. The molecule has 10 heteroatoms. The van der Waals surface area contributed by atoms with Crippen molar-refractivity contribution < 1.29 is 14.3 Å². The number of esters is 1. The highest BCUT2D eigenvalue weighted by molar-refractivity contribution is 8.26. The van der Waals surface area contributed by atoms with Crippen molar-refractivity contribution in [3.05, 3.63) is 31.9 Å². The van der Waals surface area contributed by atoms with Crippen LogP contribution in [0.15, 0.2) is 9.70 Å². The summed E-state index contributed by atoms with van der Waals surface area (Å²) in [6, 6.07) is 2.00. The van der Waals surface area contributed by atoms with Gasteiger partial charge < -0.3 is 9.64 Å². The second kappa shape index (κ2) is 11.4. The van der Waals surface area contributed by atoms with Crippen LogP contribution >= 0.6 is 24.0 Å². The van der Waals surface area contributed by atoms with Gasteiger partial charge in [0.2, 0.25) is 0 Å². The maximum atomic E-state index is 13.3. The second-order valence-electron chi connectivity index (χ2n) is 8.96. The first kappa shape index (κ1) is 27.0. The van der Waals surface area contributed by atoms with E-state index >= 15 is 0 Å². The molecule has 2 saturated heterocycles. The van der Waals surface area contributed by atoms with E-state index < -0.39 is 0 Å². The van der Waals surface area contributed by atoms with Gasteiger partial charge in [-0.2, -0.15) is 5.26 Å². The summed E-state index contributed by atoms with van der Waals surface area (Å²) in [6.07, 6.45) is 3.69. The predicted octanol–water partition coefficient (Wildman–Crippen LogP) is 3.83. The third-order valence-corrected chi connectivity index (χ3v) is 7.65. The van der Waals surface area contributed by atoms with Crippen molar-refractivity contribution in [3.63, 3.8) is 0 Å². The second-order valence-corrected chi connectivity index (χ2v) is 10.6. The Bertz CT molecular complexity index is 1160. The van der Waals surface area contributed by atoms with Crippen molar-refractivity contribution in [3.8, 4) is 6.07 Å². The van der Waals surface area contributed by atoms with Gasteiger partial charge in [-0.3, -0.25) is 23.9 Å². The molecule has 0 saturated carbocycles. The molecule has 2 aliphatic heterocycles. The fourth-order valence-electron chi connectivity index (χ4n) is 4.56. The van der Waals surface area contributed by atoms with Crippen molar-refractivity contribution >= 4 is 52.1 Å². The standard InChI is InChI=1S/C25H32N4O4S2/c1-6-10-28-21(27-11-8-17(9-12-27)24(32)33-7-2)18(16(5)19(14-26)22(28)30)13-20-23(31)29(15(3)4)25(34)35-20/h13,15,17H,6-12H2,1-5H3. The van der Waals surface area contributed by atoms with Crippen molar-refractivity contribution in [1.29, 1.82) is 5.26 Å². The number of thiocarbonyl (C=S) groups is 1. The number of hydrogen-bond donors (Lipinski definition) is 0. The molecule has 0 N–H and O–H groups in total. The molecule has 35 heavy (non-hydrogen) atoms. The average molecular weight is 517 g/mol. The fourth-order valence-corrected chi connectivity index (χ4v) is 6.06. The van der Waals surface area contributed by atoms with Gasteiger partial charge >= 0.3 is 5.97 Å². The van der Waals surface area contributed by atoms with Crippen LogP contribution in [0.4, 0.5) is 5.82 Å². The monoisotopic (exact) mass is 516 g/mol. The van der Waals surface area contributed by atoms with E-state index in [0.29, 0.717) is 71.7 Å². The van der Waals surface area contributed by atoms with E-state index in [1.165, 1.54) is 11.8 Å². The molecule has 1 aromatic rings. The molecule has 1 amide bonds. The summed E-state index contributed by atoms with van der Waals surface area (Å²) in [6.45, 7) is 11.3. The molecular weight excluding hydrogens is 484 g/mol. The zero-order valence-corrected chi connectivity index (χ0v) is 22.6. The first-order chi connectivity index (χ1) is 16.7. The highest BCUT2D eigenvalue weighted by Crippen LogP contribution is 2.37. The molecule has 0 radical (unpaired) electrons. The summed E-state index contributed by atoms with van der Waals surface area (Å²) in [5.41, 5.74) is 0.964. The number of amides is 1.